The molecule has 1 saturated heterocycles. The van der Waals surface area contributed by atoms with Crippen LogP contribution in [0.1, 0.15) is 11.1 Å². The van der Waals surface area contributed by atoms with Crippen molar-refractivity contribution >= 4 is 40.4 Å². The molecule has 3 aromatic carbocycles. The molecular formula is C27H23F6N5O4S. The summed E-state index contributed by atoms with van der Waals surface area (Å²) in [6, 6.07) is 17.4. The number of carbonyl (C=O) groups excluding carboxylic acids is 1. The van der Waals surface area contributed by atoms with Crippen LogP contribution >= 0.6 is 11.7 Å². The Morgan fingerprint density at radius 1 is 0.884 bits per heavy atom. The number of fused-ring (bicyclic) bond motifs is 1. The first-order chi connectivity index (χ1) is 20.3. The lowest BCUT2D eigenvalue weighted by molar-refractivity contribution is -0.192. The van der Waals surface area contributed by atoms with Gasteiger partial charge in [0.05, 0.1) is 23.0 Å². The summed E-state index contributed by atoms with van der Waals surface area (Å²) in [5, 5.41) is 10.1. The zero-order valence-electron chi connectivity index (χ0n) is 22.0. The van der Waals surface area contributed by atoms with E-state index in [1.807, 2.05) is 36.4 Å². The smallest absolute Gasteiger partial charge is 0.475 e. The topological polar surface area (TPSA) is 108 Å². The van der Waals surface area contributed by atoms with Gasteiger partial charge in [0.15, 0.2) is 0 Å². The maximum Gasteiger partial charge on any atom is 0.490 e. The summed E-state index contributed by atoms with van der Waals surface area (Å²) in [6.07, 6.45) is -9.51. The van der Waals surface area contributed by atoms with Crippen molar-refractivity contribution in [1.82, 2.24) is 18.5 Å². The second kappa shape index (κ2) is 13.2. The minimum Gasteiger partial charge on any atom is -0.475 e. The summed E-state index contributed by atoms with van der Waals surface area (Å²) in [7, 11) is 0. The number of urea groups is 1. The number of hydrogen-bond donors (Lipinski definition) is 2. The first-order valence-corrected chi connectivity index (χ1v) is 13.3. The molecular weight excluding hydrogens is 604 g/mol. The molecule has 2 heterocycles. The van der Waals surface area contributed by atoms with Crippen molar-refractivity contribution in [1.29, 1.82) is 0 Å². The lowest BCUT2D eigenvalue weighted by atomic mass is 10.2. The van der Waals surface area contributed by atoms with Crippen LogP contribution < -0.4 is 10.1 Å². The van der Waals surface area contributed by atoms with Gasteiger partial charge < -0.3 is 20.1 Å². The van der Waals surface area contributed by atoms with Crippen LogP contribution in [0.4, 0.5) is 36.8 Å². The molecule has 228 valence electrons. The molecule has 1 aliphatic heterocycles. The van der Waals surface area contributed by atoms with E-state index in [4.69, 9.17) is 14.6 Å². The van der Waals surface area contributed by atoms with E-state index >= 15 is 0 Å². The third-order valence-electron chi connectivity index (χ3n) is 6.13. The average molecular weight is 628 g/mol. The van der Waals surface area contributed by atoms with E-state index in [-0.39, 0.29) is 11.8 Å². The van der Waals surface area contributed by atoms with E-state index in [1.165, 1.54) is 12.1 Å². The maximum atomic E-state index is 13.0. The summed E-state index contributed by atoms with van der Waals surface area (Å²) >= 11 is 1.11. The van der Waals surface area contributed by atoms with Gasteiger partial charge in [-0.2, -0.15) is 35.1 Å². The highest BCUT2D eigenvalue weighted by Crippen LogP contribution is 2.33. The van der Waals surface area contributed by atoms with Gasteiger partial charge in [0.1, 0.15) is 22.5 Å². The molecule has 43 heavy (non-hydrogen) atoms. The van der Waals surface area contributed by atoms with Crippen molar-refractivity contribution < 1.29 is 45.8 Å². The summed E-state index contributed by atoms with van der Waals surface area (Å²) in [5.74, 6) is -2.16. The zero-order valence-corrected chi connectivity index (χ0v) is 22.8. The minimum atomic E-state index is -5.08. The maximum absolute atomic E-state index is 13.0. The second-order valence-corrected chi connectivity index (χ2v) is 9.74. The van der Waals surface area contributed by atoms with Crippen LogP contribution in [0.5, 0.6) is 11.5 Å². The molecule has 0 saturated carbocycles. The number of rotatable bonds is 5. The van der Waals surface area contributed by atoms with Crippen molar-refractivity contribution in [2.24, 2.45) is 0 Å². The molecule has 1 fully saturated rings. The number of anilines is 1. The van der Waals surface area contributed by atoms with Gasteiger partial charge in [-0.15, -0.1) is 0 Å². The molecule has 1 aromatic heterocycles. The predicted octanol–water partition coefficient (Wildman–Crippen LogP) is 6.49. The summed E-state index contributed by atoms with van der Waals surface area (Å²) in [5.41, 5.74) is 2.30. The van der Waals surface area contributed by atoms with Gasteiger partial charge in [-0.3, -0.25) is 4.90 Å². The zero-order chi connectivity index (χ0) is 31.2. The number of aromatic nitrogens is 2. The first kappa shape index (κ1) is 31.5. The van der Waals surface area contributed by atoms with E-state index in [0.717, 1.165) is 34.9 Å². The Morgan fingerprint density at radius 2 is 1.51 bits per heavy atom. The van der Waals surface area contributed by atoms with E-state index in [2.05, 4.69) is 19.0 Å². The summed E-state index contributed by atoms with van der Waals surface area (Å²) in [4.78, 5) is 25.6. The number of nitrogens with one attached hydrogen (secondary N) is 1. The van der Waals surface area contributed by atoms with Crippen molar-refractivity contribution in [3.63, 3.8) is 0 Å². The Kier molecular flexibility index (Phi) is 9.70. The number of nitrogens with zero attached hydrogens (tertiary/aromatic N) is 4. The molecule has 2 amide bonds. The number of carboxylic acid groups (broad SMARTS) is 1. The van der Waals surface area contributed by atoms with Gasteiger partial charge in [0.2, 0.25) is 0 Å². The standard InChI is InChI=1S/C25H22F3N5O2S.C2HF3O2/c26-25(27,28)18-5-2-7-20(15-18)35-19-6-1-4-17(14-19)16-32-10-12-33(13-11-32)24(34)29-21-8-3-9-22-23(21)31-36-30-22;3-2(4,5)1(6)7/h1-9,14-15H,10-13,16H2,(H,29,34);(H,6,7). The van der Waals surface area contributed by atoms with Gasteiger partial charge >= 0.3 is 24.4 Å². The molecule has 1 aliphatic rings. The number of amides is 2. The molecule has 0 radical (unpaired) electrons. The third-order valence-corrected chi connectivity index (χ3v) is 6.67. The second-order valence-electron chi connectivity index (χ2n) is 9.21. The molecule has 0 spiro atoms. The molecule has 5 rings (SSSR count). The van der Waals surface area contributed by atoms with Gasteiger partial charge in [0, 0.05) is 32.7 Å². The third kappa shape index (κ3) is 8.78. The number of hydrogen-bond acceptors (Lipinski definition) is 7. The summed E-state index contributed by atoms with van der Waals surface area (Å²) in [6.45, 7) is 3.15. The fourth-order valence-electron chi connectivity index (χ4n) is 4.05. The van der Waals surface area contributed by atoms with Crippen LogP contribution in [0, 0.1) is 0 Å². The number of benzene rings is 3. The minimum absolute atomic E-state index is 0.130. The largest absolute Gasteiger partial charge is 0.490 e. The molecule has 2 N–H and O–H groups in total. The highest BCUT2D eigenvalue weighted by Gasteiger charge is 2.38. The highest BCUT2D eigenvalue weighted by molar-refractivity contribution is 7.00. The van der Waals surface area contributed by atoms with E-state index in [1.54, 1.807) is 11.0 Å². The van der Waals surface area contributed by atoms with E-state index < -0.39 is 23.9 Å². The quantitative estimate of drug-likeness (QED) is 0.244. The monoisotopic (exact) mass is 627 g/mol. The first-order valence-electron chi connectivity index (χ1n) is 12.5. The lowest BCUT2D eigenvalue weighted by Crippen LogP contribution is -2.49. The van der Waals surface area contributed by atoms with E-state index in [0.29, 0.717) is 49.7 Å². The van der Waals surface area contributed by atoms with Gasteiger partial charge in [-0.25, -0.2) is 9.59 Å². The van der Waals surface area contributed by atoms with Crippen molar-refractivity contribution in [2.75, 3.05) is 31.5 Å². The van der Waals surface area contributed by atoms with Crippen LogP contribution in [0.3, 0.4) is 0 Å². The number of halogens is 6. The number of ether oxygens (including phenoxy) is 1. The average Bonchev–Trinajstić information content (AvgIpc) is 3.43. The molecule has 4 aromatic rings. The van der Waals surface area contributed by atoms with Crippen LogP contribution in [0.15, 0.2) is 66.7 Å². The molecule has 16 heteroatoms. The number of carboxylic acids is 1. The van der Waals surface area contributed by atoms with Crippen molar-refractivity contribution in [3.8, 4) is 11.5 Å². The fourth-order valence-corrected chi connectivity index (χ4v) is 4.60. The molecule has 9 nitrogen and oxygen atoms in total. The molecule has 0 atom stereocenters. The predicted molar refractivity (Wildman–Crippen MR) is 145 cm³/mol. The van der Waals surface area contributed by atoms with E-state index in [9.17, 15) is 31.1 Å². The Labute approximate surface area is 244 Å². The van der Waals surface area contributed by atoms with Gasteiger partial charge in [0.25, 0.3) is 0 Å². The van der Waals surface area contributed by atoms with Crippen LogP contribution in [-0.4, -0.2) is 68.0 Å². The highest BCUT2D eigenvalue weighted by atomic mass is 32.1. The Balaban J connectivity index is 0.000000541. The molecule has 0 bridgehead atoms. The lowest BCUT2D eigenvalue weighted by Gasteiger charge is -2.34. The molecule has 0 unspecified atom stereocenters. The van der Waals surface area contributed by atoms with Crippen LogP contribution in [0.25, 0.3) is 11.0 Å². The SMILES string of the molecule is O=C(Nc1cccc2nsnc12)N1CCN(Cc2cccc(Oc3cccc(C(F)(F)F)c3)c2)CC1.O=C(O)C(F)(F)F. The Bertz CT molecular complexity index is 1570. The van der Waals surface area contributed by atoms with Gasteiger partial charge in [-0.1, -0.05) is 24.3 Å². The van der Waals surface area contributed by atoms with Crippen LogP contribution in [-0.2, 0) is 17.5 Å². The number of piperazine rings is 1. The normalized spacial score (nSPS) is 14.1. The van der Waals surface area contributed by atoms with Crippen molar-refractivity contribution in [3.05, 3.63) is 77.9 Å². The fraction of sp³-hybridized carbons (Fsp3) is 0.259. The van der Waals surface area contributed by atoms with Crippen molar-refractivity contribution in [2.45, 2.75) is 18.9 Å². The molecule has 0 aliphatic carbocycles. The number of carbonyl (C=O) groups is 2. The number of alkyl halides is 6. The number of aliphatic carboxylic acids is 1. The Hall–Kier alpha value is -4.44. The van der Waals surface area contributed by atoms with Gasteiger partial charge in [-0.05, 0) is 48.0 Å². The summed E-state index contributed by atoms with van der Waals surface area (Å²) < 4.78 is 84.8. The Morgan fingerprint density at radius 3 is 2.16 bits per heavy atom. The van der Waals surface area contributed by atoms with Crippen LogP contribution in [0.2, 0.25) is 0 Å².